The third-order valence-electron chi connectivity index (χ3n) is 2.48. The molecule has 3 rings (SSSR count). The quantitative estimate of drug-likeness (QED) is 0.787. The Balaban J connectivity index is 1.95. The average molecular weight is 228 g/mol. The monoisotopic (exact) mass is 228 g/mol. The Labute approximate surface area is 97.2 Å². The second-order valence-electron chi connectivity index (χ2n) is 3.59. The van der Waals surface area contributed by atoms with Gasteiger partial charge in [-0.05, 0) is 18.2 Å². The van der Waals surface area contributed by atoms with Gasteiger partial charge < -0.3 is 14.0 Å². The van der Waals surface area contributed by atoms with Gasteiger partial charge >= 0.3 is 0 Å². The minimum absolute atomic E-state index is 0.244. The van der Waals surface area contributed by atoms with Crippen molar-refractivity contribution in [3.05, 3.63) is 30.0 Å². The average Bonchev–Trinajstić information content (AvgIpc) is 2.96. The van der Waals surface area contributed by atoms with E-state index in [0.29, 0.717) is 17.2 Å². The molecule has 0 radical (unpaired) electrons. The van der Waals surface area contributed by atoms with Crippen molar-refractivity contribution < 1.29 is 14.0 Å². The minimum Gasteiger partial charge on any atom is -0.454 e. The van der Waals surface area contributed by atoms with Crippen LogP contribution >= 0.6 is 0 Å². The van der Waals surface area contributed by atoms with Crippen LogP contribution in [0.15, 0.2) is 28.8 Å². The first-order chi connectivity index (χ1) is 8.36. The summed E-state index contributed by atoms with van der Waals surface area (Å²) < 4.78 is 15.7. The highest BCUT2D eigenvalue weighted by atomic mass is 16.7. The van der Waals surface area contributed by atoms with E-state index in [0.717, 1.165) is 11.3 Å². The molecule has 0 saturated carbocycles. The maximum Gasteiger partial charge on any atom is 0.231 e. The van der Waals surface area contributed by atoms with Gasteiger partial charge in [0.05, 0.1) is 18.2 Å². The molecule has 1 aliphatic heterocycles. The Bertz CT molecular complexity index is 598. The van der Waals surface area contributed by atoms with Crippen LogP contribution in [0.5, 0.6) is 11.5 Å². The summed E-state index contributed by atoms with van der Waals surface area (Å²) in [4.78, 5) is 0. The molecule has 1 aromatic heterocycles. The highest BCUT2D eigenvalue weighted by Crippen LogP contribution is 2.35. The fraction of sp³-hybridized carbons (Fsp3) is 0.167. The van der Waals surface area contributed by atoms with E-state index in [9.17, 15) is 0 Å². The summed E-state index contributed by atoms with van der Waals surface area (Å²) in [7, 11) is 0. The van der Waals surface area contributed by atoms with Crippen LogP contribution < -0.4 is 9.47 Å². The summed E-state index contributed by atoms with van der Waals surface area (Å²) >= 11 is 0. The molecule has 2 aromatic rings. The maximum atomic E-state index is 8.56. The molecule has 0 unspecified atom stereocenters. The summed E-state index contributed by atoms with van der Waals surface area (Å²) in [6, 6.07) is 9.30. The molecular weight excluding hydrogens is 220 g/mol. The van der Waals surface area contributed by atoms with Crippen LogP contribution in [0.3, 0.4) is 0 Å². The molecule has 1 aliphatic rings. The molecule has 0 bridgehead atoms. The second kappa shape index (κ2) is 3.83. The molecule has 2 heterocycles. The van der Waals surface area contributed by atoms with Crippen molar-refractivity contribution in [2.75, 3.05) is 6.79 Å². The van der Waals surface area contributed by atoms with Crippen LogP contribution in [-0.4, -0.2) is 11.9 Å². The summed E-state index contributed by atoms with van der Waals surface area (Å²) in [5, 5.41) is 12.4. The van der Waals surface area contributed by atoms with Gasteiger partial charge in [0.15, 0.2) is 17.3 Å². The Morgan fingerprint density at radius 3 is 3.00 bits per heavy atom. The van der Waals surface area contributed by atoms with Gasteiger partial charge in [-0.2, -0.15) is 5.26 Å². The van der Waals surface area contributed by atoms with Crippen molar-refractivity contribution in [3.8, 4) is 28.9 Å². The standard InChI is InChI=1S/C12H8N2O3/c13-4-3-9-6-11(17-14-9)8-1-2-10-12(5-8)16-7-15-10/h1-2,5-6H,3,7H2. The predicted molar refractivity (Wildman–Crippen MR) is 57.4 cm³/mol. The van der Waals surface area contributed by atoms with Crippen LogP contribution in [0, 0.1) is 11.3 Å². The first-order valence-electron chi connectivity index (χ1n) is 5.09. The van der Waals surface area contributed by atoms with E-state index in [1.165, 1.54) is 0 Å². The Morgan fingerprint density at radius 2 is 2.12 bits per heavy atom. The Hall–Kier alpha value is -2.48. The lowest BCUT2D eigenvalue weighted by Crippen LogP contribution is -1.92. The number of hydrogen-bond acceptors (Lipinski definition) is 5. The molecular formula is C12H8N2O3. The van der Waals surface area contributed by atoms with Crippen LogP contribution in [0.2, 0.25) is 0 Å². The SMILES string of the molecule is N#CCc1cc(-c2ccc3c(c2)OCO3)on1. The van der Waals surface area contributed by atoms with Crippen molar-refractivity contribution in [1.82, 2.24) is 5.16 Å². The lowest BCUT2D eigenvalue weighted by molar-refractivity contribution is 0.174. The van der Waals surface area contributed by atoms with E-state index in [1.807, 2.05) is 24.3 Å². The van der Waals surface area contributed by atoms with Crippen LogP contribution in [-0.2, 0) is 6.42 Å². The zero-order valence-corrected chi connectivity index (χ0v) is 8.84. The number of benzene rings is 1. The number of fused-ring (bicyclic) bond motifs is 1. The van der Waals surface area contributed by atoms with Gasteiger partial charge in [-0.3, -0.25) is 0 Å². The molecule has 0 saturated heterocycles. The highest BCUT2D eigenvalue weighted by Gasteiger charge is 2.15. The number of rotatable bonds is 2. The summed E-state index contributed by atoms with van der Waals surface area (Å²) in [5.41, 5.74) is 1.48. The first-order valence-corrected chi connectivity index (χ1v) is 5.09. The Morgan fingerprint density at radius 1 is 1.24 bits per heavy atom. The molecule has 5 nitrogen and oxygen atoms in total. The molecule has 84 valence electrons. The molecule has 0 N–H and O–H groups in total. The third kappa shape index (κ3) is 1.70. The van der Waals surface area contributed by atoms with E-state index in [-0.39, 0.29) is 13.2 Å². The highest BCUT2D eigenvalue weighted by molar-refractivity contribution is 5.63. The van der Waals surface area contributed by atoms with Gasteiger partial charge in [-0.25, -0.2) is 0 Å². The zero-order valence-electron chi connectivity index (χ0n) is 8.84. The number of aromatic nitrogens is 1. The predicted octanol–water partition coefficient (Wildman–Crippen LogP) is 2.14. The van der Waals surface area contributed by atoms with Gasteiger partial charge in [-0.1, -0.05) is 5.16 Å². The van der Waals surface area contributed by atoms with E-state index >= 15 is 0 Å². The molecule has 1 aromatic carbocycles. The number of hydrogen-bond donors (Lipinski definition) is 0. The smallest absolute Gasteiger partial charge is 0.231 e. The van der Waals surface area contributed by atoms with Gasteiger partial charge in [0.1, 0.15) is 0 Å². The lowest BCUT2D eigenvalue weighted by atomic mass is 10.1. The Kier molecular flexibility index (Phi) is 2.19. The van der Waals surface area contributed by atoms with E-state index in [2.05, 4.69) is 5.16 Å². The fourth-order valence-corrected chi connectivity index (χ4v) is 1.66. The summed E-state index contributed by atoms with van der Waals surface area (Å²) in [6.45, 7) is 0.245. The topological polar surface area (TPSA) is 68.3 Å². The summed E-state index contributed by atoms with van der Waals surface area (Å²) in [5.74, 6) is 2.04. The van der Waals surface area contributed by atoms with Crippen LogP contribution in [0.25, 0.3) is 11.3 Å². The van der Waals surface area contributed by atoms with Gasteiger partial charge in [-0.15, -0.1) is 0 Å². The zero-order chi connectivity index (χ0) is 11.7. The maximum absolute atomic E-state index is 8.56. The molecule has 0 fully saturated rings. The first kappa shape index (κ1) is 9.73. The number of ether oxygens (including phenoxy) is 2. The molecule has 0 aliphatic carbocycles. The van der Waals surface area contributed by atoms with Crippen molar-refractivity contribution in [2.45, 2.75) is 6.42 Å². The third-order valence-corrected chi connectivity index (χ3v) is 2.48. The minimum atomic E-state index is 0.244. The van der Waals surface area contributed by atoms with Crippen molar-refractivity contribution in [2.24, 2.45) is 0 Å². The van der Waals surface area contributed by atoms with E-state index in [1.54, 1.807) is 6.07 Å². The van der Waals surface area contributed by atoms with Gasteiger partial charge in [0, 0.05) is 11.6 Å². The van der Waals surface area contributed by atoms with Crippen molar-refractivity contribution in [1.29, 1.82) is 5.26 Å². The largest absolute Gasteiger partial charge is 0.454 e. The lowest BCUT2D eigenvalue weighted by Gasteiger charge is -1.98. The summed E-state index contributed by atoms with van der Waals surface area (Å²) in [6.07, 6.45) is 0.244. The molecule has 0 amide bonds. The van der Waals surface area contributed by atoms with Gasteiger partial charge in [0.25, 0.3) is 0 Å². The molecule has 5 heteroatoms. The van der Waals surface area contributed by atoms with Crippen LogP contribution in [0.4, 0.5) is 0 Å². The van der Waals surface area contributed by atoms with Gasteiger partial charge in [0.2, 0.25) is 6.79 Å². The number of nitriles is 1. The van der Waals surface area contributed by atoms with Crippen molar-refractivity contribution in [3.63, 3.8) is 0 Å². The molecule has 0 spiro atoms. The van der Waals surface area contributed by atoms with E-state index < -0.39 is 0 Å². The number of nitrogens with zero attached hydrogens (tertiary/aromatic N) is 2. The molecule has 17 heavy (non-hydrogen) atoms. The normalized spacial score (nSPS) is 12.4. The van der Waals surface area contributed by atoms with Crippen LogP contribution in [0.1, 0.15) is 5.69 Å². The van der Waals surface area contributed by atoms with Crippen molar-refractivity contribution >= 4 is 0 Å². The second-order valence-corrected chi connectivity index (χ2v) is 3.59. The van der Waals surface area contributed by atoms with E-state index in [4.69, 9.17) is 19.3 Å². The molecule has 0 atom stereocenters. The fourth-order valence-electron chi connectivity index (χ4n) is 1.66.